The summed E-state index contributed by atoms with van der Waals surface area (Å²) in [5.41, 5.74) is 0. The molecule has 0 aliphatic heterocycles. The van der Waals surface area contributed by atoms with Gasteiger partial charge in [-0.1, -0.05) is 52.9 Å². The van der Waals surface area contributed by atoms with Crippen LogP contribution in [0.25, 0.3) is 0 Å². The Bertz CT molecular complexity index is 262. The van der Waals surface area contributed by atoms with Gasteiger partial charge in [0, 0.05) is 6.04 Å². The number of unbranched alkanes of at least 4 members (excludes halogenated alkanes) is 1. The number of hydrogen-bond donors (Lipinski definition) is 1. The van der Waals surface area contributed by atoms with Crippen LogP contribution in [-0.2, 0) is 0 Å². The van der Waals surface area contributed by atoms with Gasteiger partial charge in [-0.15, -0.1) is 0 Å². The highest BCUT2D eigenvalue weighted by Crippen LogP contribution is 2.50. The Hall–Kier alpha value is -0.0400. The van der Waals surface area contributed by atoms with E-state index in [1.165, 1.54) is 64.3 Å². The molecule has 0 radical (unpaired) electrons. The first kappa shape index (κ1) is 16.3. The largest absolute Gasteiger partial charge is 0.314 e. The minimum Gasteiger partial charge on any atom is -0.314 e. The molecule has 0 aromatic heterocycles. The predicted molar refractivity (Wildman–Crippen MR) is 88.9 cm³/mol. The molecule has 5 atom stereocenters. The molecule has 2 aliphatic carbocycles. The predicted octanol–water partition coefficient (Wildman–Crippen LogP) is 5.40. The number of fused-ring (bicyclic) bond motifs is 2. The van der Waals surface area contributed by atoms with Crippen LogP contribution < -0.4 is 5.32 Å². The van der Waals surface area contributed by atoms with Gasteiger partial charge in [-0.25, -0.2) is 0 Å². The van der Waals surface area contributed by atoms with Crippen LogP contribution in [0, 0.1) is 23.7 Å². The molecule has 5 unspecified atom stereocenters. The second kappa shape index (κ2) is 8.41. The zero-order valence-corrected chi connectivity index (χ0v) is 14.2. The van der Waals surface area contributed by atoms with E-state index in [-0.39, 0.29) is 0 Å². The van der Waals surface area contributed by atoms with E-state index in [9.17, 15) is 0 Å². The molecule has 2 rings (SSSR count). The van der Waals surface area contributed by atoms with Gasteiger partial charge in [-0.2, -0.15) is 0 Å². The maximum Gasteiger partial charge on any atom is 0.0101 e. The highest BCUT2D eigenvalue weighted by molar-refractivity contribution is 4.95. The van der Waals surface area contributed by atoms with Gasteiger partial charge in [0.1, 0.15) is 0 Å². The smallest absolute Gasteiger partial charge is 0.0101 e. The average molecular weight is 280 g/mol. The molecular formula is C19H37N. The highest BCUT2D eigenvalue weighted by atomic mass is 14.9. The summed E-state index contributed by atoms with van der Waals surface area (Å²) >= 11 is 0. The van der Waals surface area contributed by atoms with Crippen molar-refractivity contribution in [2.24, 2.45) is 23.7 Å². The van der Waals surface area contributed by atoms with E-state index < -0.39 is 0 Å². The van der Waals surface area contributed by atoms with E-state index in [4.69, 9.17) is 0 Å². The van der Waals surface area contributed by atoms with Gasteiger partial charge in [-0.3, -0.25) is 0 Å². The van der Waals surface area contributed by atoms with Crippen LogP contribution >= 0.6 is 0 Å². The van der Waals surface area contributed by atoms with Crippen molar-refractivity contribution in [2.45, 2.75) is 91.0 Å². The normalized spacial score (nSPS) is 31.6. The van der Waals surface area contributed by atoms with E-state index in [0.29, 0.717) is 0 Å². The molecule has 2 fully saturated rings. The van der Waals surface area contributed by atoms with Crippen LogP contribution in [0.4, 0.5) is 0 Å². The minimum atomic E-state index is 0.826. The lowest BCUT2D eigenvalue weighted by Gasteiger charge is -2.34. The zero-order valence-electron chi connectivity index (χ0n) is 14.2. The minimum absolute atomic E-state index is 0.826. The molecule has 0 saturated heterocycles. The zero-order chi connectivity index (χ0) is 14.4. The van der Waals surface area contributed by atoms with Crippen molar-refractivity contribution >= 4 is 0 Å². The van der Waals surface area contributed by atoms with Crippen molar-refractivity contribution in [1.29, 1.82) is 0 Å². The monoisotopic (exact) mass is 279 g/mol. The van der Waals surface area contributed by atoms with E-state index in [1.807, 2.05) is 0 Å². The van der Waals surface area contributed by atoms with Crippen molar-refractivity contribution in [2.75, 3.05) is 6.54 Å². The Balaban J connectivity index is 1.88. The fraction of sp³-hybridized carbons (Fsp3) is 1.00. The van der Waals surface area contributed by atoms with E-state index >= 15 is 0 Å². The van der Waals surface area contributed by atoms with Crippen molar-refractivity contribution in [3.8, 4) is 0 Å². The Kier molecular flexibility index (Phi) is 6.87. The quantitative estimate of drug-likeness (QED) is 0.565. The van der Waals surface area contributed by atoms with Crippen LogP contribution in [0.3, 0.4) is 0 Å². The average Bonchev–Trinajstić information content (AvgIpc) is 3.09. The molecule has 20 heavy (non-hydrogen) atoms. The number of nitrogens with one attached hydrogen (secondary N) is 1. The van der Waals surface area contributed by atoms with E-state index in [1.54, 1.807) is 6.42 Å². The van der Waals surface area contributed by atoms with Crippen molar-refractivity contribution < 1.29 is 0 Å². The molecule has 0 aromatic carbocycles. The first-order valence-electron chi connectivity index (χ1n) is 9.51. The topological polar surface area (TPSA) is 12.0 Å². The summed E-state index contributed by atoms with van der Waals surface area (Å²) < 4.78 is 0. The Labute approximate surface area is 127 Å². The van der Waals surface area contributed by atoms with Gasteiger partial charge in [0.05, 0.1) is 0 Å². The summed E-state index contributed by atoms with van der Waals surface area (Å²) in [6.07, 6.45) is 14.5. The Morgan fingerprint density at radius 3 is 2.45 bits per heavy atom. The SMILES string of the molecule is CCCCC(CC)CC(NCCC)C1CC2CCC1C2. The lowest BCUT2D eigenvalue weighted by atomic mass is 9.78. The van der Waals surface area contributed by atoms with Gasteiger partial charge in [0.15, 0.2) is 0 Å². The molecule has 2 saturated carbocycles. The summed E-state index contributed by atoms with van der Waals surface area (Å²) in [5.74, 6) is 4.13. The van der Waals surface area contributed by atoms with E-state index in [0.717, 1.165) is 29.7 Å². The first-order valence-corrected chi connectivity index (χ1v) is 9.51. The summed E-state index contributed by atoms with van der Waals surface area (Å²) in [6.45, 7) is 8.26. The molecule has 0 aromatic rings. The first-order chi connectivity index (χ1) is 9.78. The van der Waals surface area contributed by atoms with Crippen LogP contribution in [-0.4, -0.2) is 12.6 Å². The van der Waals surface area contributed by atoms with Crippen LogP contribution in [0.5, 0.6) is 0 Å². The summed E-state index contributed by atoms with van der Waals surface area (Å²) in [7, 11) is 0. The molecule has 1 nitrogen and oxygen atoms in total. The Morgan fingerprint density at radius 2 is 1.90 bits per heavy atom. The third kappa shape index (κ3) is 4.23. The fourth-order valence-corrected chi connectivity index (χ4v) is 4.87. The summed E-state index contributed by atoms with van der Waals surface area (Å²) in [6, 6.07) is 0.826. The van der Waals surface area contributed by atoms with Crippen LogP contribution in [0.15, 0.2) is 0 Å². The molecule has 1 heteroatoms. The van der Waals surface area contributed by atoms with Gasteiger partial charge >= 0.3 is 0 Å². The number of hydrogen-bond acceptors (Lipinski definition) is 1. The van der Waals surface area contributed by atoms with Crippen molar-refractivity contribution in [1.82, 2.24) is 5.32 Å². The molecular weight excluding hydrogens is 242 g/mol. The lowest BCUT2D eigenvalue weighted by molar-refractivity contribution is 0.210. The van der Waals surface area contributed by atoms with Gasteiger partial charge in [0.25, 0.3) is 0 Å². The van der Waals surface area contributed by atoms with E-state index in [2.05, 4.69) is 26.1 Å². The maximum atomic E-state index is 3.94. The second-order valence-electron chi connectivity index (χ2n) is 7.55. The molecule has 2 bridgehead atoms. The van der Waals surface area contributed by atoms with Gasteiger partial charge in [-0.05, 0) is 62.3 Å². The molecule has 0 heterocycles. The molecule has 118 valence electrons. The molecule has 2 aliphatic rings. The summed E-state index contributed by atoms with van der Waals surface area (Å²) in [4.78, 5) is 0. The maximum absolute atomic E-state index is 3.94. The highest BCUT2D eigenvalue weighted by Gasteiger charge is 2.43. The lowest BCUT2D eigenvalue weighted by Crippen LogP contribution is -2.40. The molecule has 0 amide bonds. The fourth-order valence-electron chi connectivity index (χ4n) is 4.87. The number of rotatable bonds is 10. The van der Waals surface area contributed by atoms with Crippen molar-refractivity contribution in [3.63, 3.8) is 0 Å². The summed E-state index contributed by atoms with van der Waals surface area (Å²) in [5, 5.41) is 3.94. The molecule has 1 N–H and O–H groups in total. The van der Waals surface area contributed by atoms with Crippen LogP contribution in [0.1, 0.15) is 85.0 Å². The third-order valence-corrected chi connectivity index (χ3v) is 6.10. The second-order valence-corrected chi connectivity index (χ2v) is 7.55. The van der Waals surface area contributed by atoms with Gasteiger partial charge in [0.2, 0.25) is 0 Å². The third-order valence-electron chi connectivity index (χ3n) is 6.10. The standard InChI is InChI=1S/C19H37N/c1-4-7-8-15(6-3)14-19(20-11-5-2)18-13-16-9-10-17(18)12-16/h15-20H,4-14H2,1-3H3. The van der Waals surface area contributed by atoms with Crippen molar-refractivity contribution in [3.05, 3.63) is 0 Å². The molecule has 0 spiro atoms. The van der Waals surface area contributed by atoms with Crippen LogP contribution in [0.2, 0.25) is 0 Å². The Morgan fingerprint density at radius 1 is 1.05 bits per heavy atom. The van der Waals surface area contributed by atoms with Gasteiger partial charge < -0.3 is 5.32 Å².